The maximum atomic E-state index is 13.4. The Morgan fingerprint density at radius 1 is 0.804 bits per heavy atom. The first-order valence-corrected chi connectivity index (χ1v) is 17.3. The molecule has 2 heterocycles. The molecule has 2 aliphatic carbocycles. The summed E-state index contributed by atoms with van der Waals surface area (Å²) in [7, 11) is 0. The first-order valence-electron chi connectivity index (χ1n) is 17.3. The number of aliphatic carboxylic acids is 4. The number of carbonyl (C=O) groups is 4. The number of nitrogens with zero attached hydrogens (tertiary/aromatic N) is 2. The quantitative estimate of drug-likeness (QED) is 0.0503. The molecule has 0 saturated heterocycles. The molecule has 0 unspecified atom stereocenters. The number of ether oxygens (including phenoxy) is 2. The first kappa shape index (κ1) is 38.8. The minimum atomic E-state index is -1.29. The van der Waals surface area contributed by atoms with E-state index in [1.165, 1.54) is 23.1 Å². The molecular weight excluding hydrogens is 730 g/mol. The third-order valence-corrected chi connectivity index (χ3v) is 8.94. The van der Waals surface area contributed by atoms with E-state index in [-0.39, 0.29) is 60.3 Å². The second-order valence-corrected chi connectivity index (χ2v) is 12.9. The van der Waals surface area contributed by atoms with Crippen molar-refractivity contribution in [1.82, 2.24) is 9.88 Å². The Kier molecular flexibility index (Phi) is 11.8. The van der Waals surface area contributed by atoms with E-state index in [9.17, 15) is 39.3 Å². The van der Waals surface area contributed by atoms with Gasteiger partial charge in [-0.3, -0.25) is 28.9 Å². The standard InChI is InChI=1S/C40H37N3O13/c44-31-17-33-27(15-25(31)23-4-1-2-5-23)40(28-16-26(29-6-3-9-41-29)32(45)18-34(28)56-33)24-7-8-30(43(21-38(50)51)22-39(52)53)35(14-24)55-13-12-54-11-10-42(19-36(46)47)20-37(48)49/h1-4,6-9,14-18,41,45H,5,10-13,19-22H2,(H,46,47)(H,48,49)(H,50,51)(H,52,53). The minimum absolute atomic E-state index is 0.00357. The number of carboxylic acid groups (broad SMARTS) is 4. The van der Waals surface area contributed by atoms with Crippen LogP contribution < -0.4 is 15.1 Å². The highest BCUT2D eigenvalue weighted by atomic mass is 16.5. The molecule has 3 aliphatic rings. The van der Waals surface area contributed by atoms with Gasteiger partial charge in [0, 0.05) is 58.2 Å². The number of allylic oxidation sites excluding steroid dienone is 4. The summed E-state index contributed by atoms with van der Waals surface area (Å²) in [5.41, 5.74) is 4.15. The van der Waals surface area contributed by atoms with Gasteiger partial charge in [-0.15, -0.1) is 0 Å². The average molecular weight is 768 g/mol. The summed E-state index contributed by atoms with van der Waals surface area (Å²) in [4.78, 5) is 64.8. The lowest BCUT2D eigenvalue weighted by atomic mass is 9.89. The molecule has 16 heteroatoms. The van der Waals surface area contributed by atoms with Gasteiger partial charge in [-0.1, -0.05) is 24.3 Å². The second kappa shape index (κ2) is 17.0. The monoisotopic (exact) mass is 767 g/mol. The Hall–Kier alpha value is -6.91. The third kappa shape index (κ3) is 9.06. The fourth-order valence-electron chi connectivity index (χ4n) is 6.58. The number of H-pyrrole nitrogens is 1. The zero-order chi connectivity index (χ0) is 39.9. The van der Waals surface area contributed by atoms with E-state index in [0.717, 1.165) is 10.5 Å². The zero-order valence-corrected chi connectivity index (χ0v) is 29.8. The third-order valence-electron chi connectivity index (χ3n) is 8.94. The van der Waals surface area contributed by atoms with Crippen LogP contribution in [0.15, 0.2) is 88.2 Å². The number of rotatable bonds is 19. The molecule has 3 aromatic rings. The topological polar surface area (TPSA) is 240 Å². The van der Waals surface area contributed by atoms with Gasteiger partial charge in [0.05, 0.1) is 32.0 Å². The Labute approximate surface area is 318 Å². The molecule has 0 spiro atoms. The van der Waals surface area contributed by atoms with Crippen LogP contribution in [0.4, 0.5) is 5.69 Å². The van der Waals surface area contributed by atoms with E-state index in [1.54, 1.807) is 42.6 Å². The van der Waals surface area contributed by atoms with E-state index in [4.69, 9.17) is 24.1 Å². The van der Waals surface area contributed by atoms with Gasteiger partial charge in [0.1, 0.15) is 42.5 Å². The summed E-state index contributed by atoms with van der Waals surface area (Å²) in [5, 5.41) is 49.1. The van der Waals surface area contributed by atoms with Gasteiger partial charge in [0.2, 0.25) is 0 Å². The molecule has 1 aliphatic heterocycles. The molecule has 2 aromatic carbocycles. The van der Waals surface area contributed by atoms with Gasteiger partial charge in [0.15, 0.2) is 5.43 Å². The lowest BCUT2D eigenvalue weighted by Crippen LogP contribution is -2.37. The van der Waals surface area contributed by atoms with Crippen molar-refractivity contribution in [1.29, 1.82) is 0 Å². The van der Waals surface area contributed by atoms with E-state index in [2.05, 4.69) is 4.98 Å². The molecule has 0 saturated carbocycles. The molecule has 0 radical (unpaired) electrons. The van der Waals surface area contributed by atoms with Crippen LogP contribution in [-0.4, -0.2) is 112 Å². The van der Waals surface area contributed by atoms with Crippen molar-refractivity contribution in [2.45, 2.75) is 6.42 Å². The van der Waals surface area contributed by atoms with Crippen molar-refractivity contribution in [3.05, 3.63) is 94.8 Å². The minimum Gasteiger partial charge on any atom is -0.507 e. The number of carboxylic acids is 4. The van der Waals surface area contributed by atoms with Crippen molar-refractivity contribution < 1.29 is 58.6 Å². The Bertz CT molecular complexity index is 2350. The van der Waals surface area contributed by atoms with Crippen molar-refractivity contribution in [2.75, 3.05) is 57.4 Å². The molecule has 0 atom stereocenters. The van der Waals surface area contributed by atoms with Crippen LogP contribution >= 0.6 is 0 Å². The van der Waals surface area contributed by atoms with Crippen LogP contribution in [0.2, 0.25) is 0 Å². The largest absolute Gasteiger partial charge is 0.507 e. The molecule has 6 rings (SSSR count). The fraction of sp³-hybridized carbons (Fsp3) is 0.225. The van der Waals surface area contributed by atoms with Crippen LogP contribution in [0.3, 0.4) is 0 Å². The zero-order valence-electron chi connectivity index (χ0n) is 29.8. The predicted molar refractivity (Wildman–Crippen MR) is 203 cm³/mol. The van der Waals surface area contributed by atoms with Gasteiger partial charge in [0.25, 0.3) is 0 Å². The normalized spacial score (nSPS) is 12.3. The number of fused-ring (bicyclic) bond motifs is 2. The molecule has 0 fully saturated rings. The average Bonchev–Trinajstić information content (AvgIpc) is 3.86. The molecule has 0 amide bonds. The molecule has 290 valence electrons. The fourth-order valence-corrected chi connectivity index (χ4v) is 6.58. The van der Waals surface area contributed by atoms with Crippen molar-refractivity contribution in [3.63, 3.8) is 0 Å². The van der Waals surface area contributed by atoms with E-state index >= 15 is 0 Å². The van der Waals surface area contributed by atoms with Crippen molar-refractivity contribution >= 4 is 46.1 Å². The predicted octanol–water partition coefficient (Wildman–Crippen LogP) is 4.45. The summed E-state index contributed by atoms with van der Waals surface area (Å²) < 4.78 is 18.0. The second-order valence-electron chi connectivity index (χ2n) is 12.9. The van der Waals surface area contributed by atoms with Gasteiger partial charge in [-0.2, -0.15) is 0 Å². The highest BCUT2D eigenvalue weighted by Gasteiger charge is 2.25. The molecule has 56 heavy (non-hydrogen) atoms. The Balaban J connectivity index is 1.44. The molecular formula is C40H37N3O13. The van der Waals surface area contributed by atoms with E-state index in [0.29, 0.717) is 45.3 Å². The first-order chi connectivity index (χ1) is 26.9. The number of phenolic OH excluding ortho intramolecular Hbond substituents is 1. The van der Waals surface area contributed by atoms with Gasteiger partial charge < -0.3 is 49.3 Å². The molecule has 6 N–H and O–H groups in total. The van der Waals surface area contributed by atoms with Crippen LogP contribution in [0.1, 0.15) is 12.0 Å². The number of aromatic amines is 1. The number of anilines is 1. The smallest absolute Gasteiger partial charge is 0.323 e. The van der Waals surface area contributed by atoms with Gasteiger partial charge >= 0.3 is 23.9 Å². The number of aromatic nitrogens is 1. The number of hydrogen-bond acceptors (Lipinski definition) is 11. The molecule has 16 nitrogen and oxygen atoms in total. The Morgan fingerprint density at radius 3 is 2.18 bits per heavy atom. The lowest BCUT2D eigenvalue weighted by molar-refractivity contribution is -0.142. The van der Waals surface area contributed by atoms with Gasteiger partial charge in [-0.05, 0) is 54.0 Å². The van der Waals surface area contributed by atoms with Gasteiger partial charge in [-0.25, -0.2) is 0 Å². The number of hydrogen-bond donors (Lipinski definition) is 6. The summed E-state index contributed by atoms with van der Waals surface area (Å²) in [5.74, 6) is -4.72. The Morgan fingerprint density at radius 2 is 1.54 bits per heavy atom. The van der Waals surface area contributed by atoms with Crippen molar-refractivity contribution in [3.8, 4) is 45.2 Å². The highest BCUT2D eigenvalue weighted by Crippen LogP contribution is 2.46. The molecule has 0 bridgehead atoms. The summed E-state index contributed by atoms with van der Waals surface area (Å²) >= 11 is 0. The molecule has 1 aromatic heterocycles. The van der Waals surface area contributed by atoms with Crippen LogP contribution in [0.25, 0.3) is 50.3 Å². The number of phenols is 1. The number of benzene rings is 3. The number of aromatic hydroxyl groups is 1. The van der Waals surface area contributed by atoms with Crippen molar-refractivity contribution in [2.24, 2.45) is 0 Å². The SMILES string of the molecule is O=C(O)CN(CCOCCOc1cc(-c2c3cc(C4=CC=CC4)c(=O)cc-3oc3cc(O)c(-c4ccc[nH]4)cc23)ccc1N(CC(=O)O)CC(=O)O)CC(=O)O. The van der Waals surface area contributed by atoms with Crippen LogP contribution in [-0.2, 0) is 23.9 Å². The van der Waals surface area contributed by atoms with E-state index in [1.807, 2.05) is 18.2 Å². The van der Waals surface area contributed by atoms with Crippen LogP contribution in [0, 0.1) is 0 Å². The number of nitrogens with one attached hydrogen (secondary N) is 1. The van der Waals surface area contributed by atoms with Crippen LogP contribution in [0.5, 0.6) is 11.5 Å². The highest BCUT2D eigenvalue weighted by molar-refractivity contribution is 6.05. The maximum absolute atomic E-state index is 13.4. The summed E-state index contributed by atoms with van der Waals surface area (Å²) in [6.07, 6.45) is 7.93. The van der Waals surface area contributed by atoms with E-state index < -0.39 is 50.1 Å². The lowest BCUT2D eigenvalue weighted by Gasteiger charge is -2.25. The summed E-state index contributed by atoms with van der Waals surface area (Å²) in [6, 6.07) is 14.7. The maximum Gasteiger partial charge on any atom is 0.323 e. The summed E-state index contributed by atoms with van der Waals surface area (Å²) in [6.45, 7) is -2.54.